The summed E-state index contributed by atoms with van der Waals surface area (Å²) in [5.41, 5.74) is 5.90. The zero-order valence-corrected chi connectivity index (χ0v) is 10.1. The lowest BCUT2D eigenvalue weighted by molar-refractivity contribution is -0.138. The Morgan fingerprint density at radius 1 is 1.24 bits per heavy atom. The molecule has 1 rings (SSSR count). The molecule has 1 aromatic rings. The lowest BCUT2D eigenvalue weighted by Gasteiger charge is -2.14. The molecule has 0 unspecified atom stereocenters. The molecule has 0 saturated heterocycles. The maximum Gasteiger partial charge on any atom is 0.390 e. The largest absolute Gasteiger partial charge is 0.494 e. The van der Waals surface area contributed by atoms with Crippen LogP contribution < -0.4 is 10.5 Å². The van der Waals surface area contributed by atoms with E-state index in [1.165, 1.54) is 0 Å². The van der Waals surface area contributed by atoms with Gasteiger partial charge in [0.2, 0.25) is 0 Å². The summed E-state index contributed by atoms with van der Waals surface area (Å²) in [6, 6.07) is 5.34. The van der Waals surface area contributed by atoms with E-state index in [-0.39, 0.29) is 12.4 Å². The van der Waals surface area contributed by atoms with Gasteiger partial charge in [0.25, 0.3) is 0 Å². The first kappa shape index (κ1) is 16.1. The van der Waals surface area contributed by atoms with Crippen LogP contribution in [0.5, 0.6) is 5.75 Å². The van der Waals surface area contributed by atoms with Gasteiger partial charge >= 0.3 is 6.18 Å². The highest BCUT2D eigenvalue weighted by Gasteiger charge is 2.30. The number of halogens is 4. The monoisotopic (exact) mass is 269 g/mol. The van der Waals surface area contributed by atoms with Crippen LogP contribution in [0, 0.1) is 0 Å². The minimum atomic E-state index is -4.24. The molecular weight excluding hydrogens is 255 g/mol. The Kier molecular flexibility index (Phi) is 6.34. The number of ether oxygens (including phenoxy) is 1. The summed E-state index contributed by atoms with van der Waals surface area (Å²) in [7, 11) is 0. The summed E-state index contributed by atoms with van der Waals surface area (Å²) >= 11 is 0. The molecule has 1 aromatic carbocycles. The van der Waals surface area contributed by atoms with Gasteiger partial charge in [-0.1, -0.05) is 12.1 Å². The molecule has 1 atom stereocenters. The van der Waals surface area contributed by atoms with Crippen LogP contribution in [0.15, 0.2) is 24.3 Å². The number of hydrogen-bond acceptors (Lipinski definition) is 2. The van der Waals surface area contributed by atoms with Gasteiger partial charge in [-0.3, -0.25) is 0 Å². The van der Waals surface area contributed by atoms with Crippen LogP contribution in [0.2, 0.25) is 0 Å². The molecular formula is C11H15ClF3NO. The first-order valence-corrected chi connectivity index (χ1v) is 4.97. The van der Waals surface area contributed by atoms with Gasteiger partial charge in [-0.05, 0) is 24.6 Å². The van der Waals surface area contributed by atoms with Gasteiger partial charge in [0.15, 0.2) is 0 Å². The molecule has 0 saturated carbocycles. The molecule has 0 heterocycles. The quantitative estimate of drug-likeness (QED) is 0.908. The van der Waals surface area contributed by atoms with E-state index in [0.29, 0.717) is 17.9 Å². The molecule has 17 heavy (non-hydrogen) atoms. The van der Waals surface area contributed by atoms with Crippen LogP contribution >= 0.6 is 12.4 Å². The van der Waals surface area contributed by atoms with Crippen LogP contribution in [-0.2, 0) is 0 Å². The van der Waals surface area contributed by atoms with Crippen LogP contribution in [0.25, 0.3) is 0 Å². The Morgan fingerprint density at radius 3 is 2.18 bits per heavy atom. The predicted octanol–water partition coefficient (Wildman–Crippen LogP) is 3.46. The van der Waals surface area contributed by atoms with Crippen molar-refractivity contribution in [3.05, 3.63) is 29.8 Å². The fraction of sp³-hybridized carbons (Fsp3) is 0.455. The highest BCUT2D eigenvalue weighted by molar-refractivity contribution is 5.85. The molecule has 0 bridgehead atoms. The number of alkyl halides is 3. The van der Waals surface area contributed by atoms with Gasteiger partial charge in [0.05, 0.1) is 13.0 Å². The third-order valence-electron chi connectivity index (χ3n) is 2.07. The molecule has 0 aromatic heterocycles. The van der Waals surface area contributed by atoms with Crippen molar-refractivity contribution in [1.29, 1.82) is 0 Å². The Labute approximate surface area is 104 Å². The van der Waals surface area contributed by atoms with Crippen LogP contribution in [0.3, 0.4) is 0 Å². The zero-order valence-electron chi connectivity index (χ0n) is 9.33. The molecule has 0 aliphatic heterocycles. The SMILES string of the molecule is CCOc1ccc([C@H](N)CC(F)(F)F)cc1.Cl. The normalized spacial score (nSPS) is 12.8. The second kappa shape index (κ2) is 6.71. The minimum Gasteiger partial charge on any atom is -0.494 e. The van der Waals surface area contributed by atoms with E-state index in [1.807, 2.05) is 6.92 Å². The second-order valence-corrected chi connectivity index (χ2v) is 3.43. The van der Waals surface area contributed by atoms with Gasteiger partial charge in [-0.15, -0.1) is 12.4 Å². The Balaban J connectivity index is 0.00000256. The minimum absolute atomic E-state index is 0. The van der Waals surface area contributed by atoms with Crippen molar-refractivity contribution in [3.8, 4) is 5.75 Å². The first-order valence-electron chi connectivity index (χ1n) is 4.97. The fourth-order valence-corrected chi connectivity index (χ4v) is 1.35. The van der Waals surface area contributed by atoms with E-state index < -0.39 is 18.6 Å². The number of hydrogen-bond donors (Lipinski definition) is 1. The lowest BCUT2D eigenvalue weighted by atomic mass is 10.0. The molecule has 0 spiro atoms. The van der Waals surface area contributed by atoms with E-state index in [2.05, 4.69) is 0 Å². The third-order valence-corrected chi connectivity index (χ3v) is 2.07. The Hall–Kier alpha value is -0.940. The Bertz CT molecular complexity index is 326. The number of benzene rings is 1. The maximum atomic E-state index is 12.1. The summed E-state index contributed by atoms with van der Waals surface area (Å²) in [6.45, 7) is 2.36. The molecule has 2 nitrogen and oxygen atoms in total. The summed E-state index contributed by atoms with van der Waals surface area (Å²) in [5.74, 6) is 0.630. The van der Waals surface area contributed by atoms with E-state index in [0.717, 1.165) is 0 Å². The molecule has 0 radical (unpaired) electrons. The van der Waals surface area contributed by atoms with Crippen molar-refractivity contribution in [3.63, 3.8) is 0 Å². The molecule has 98 valence electrons. The van der Waals surface area contributed by atoms with E-state index in [9.17, 15) is 13.2 Å². The summed E-state index contributed by atoms with van der Waals surface area (Å²) in [6.07, 6.45) is -5.25. The van der Waals surface area contributed by atoms with Gasteiger partial charge < -0.3 is 10.5 Å². The van der Waals surface area contributed by atoms with Crippen molar-refractivity contribution in [2.45, 2.75) is 25.6 Å². The molecule has 0 fully saturated rings. The number of rotatable bonds is 4. The van der Waals surface area contributed by atoms with Crippen molar-refractivity contribution in [1.82, 2.24) is 0 Å². The van der Waals surface area contributed by atoms with Crippen molar-refractivity contribution in [2.75, 3.05) is 6.61 Å². The van der Waals surface area contributed by atoms with Crippen LogP contribution in [0.4, 0.5) is 13.2 Å². The smallest absolute Gasteiger partial charge is 0.390 e. The second-order valence-electron chi connectivity index (χ2n) is 3.43. The average Bonchev–Trinajstić information content (AvgIpc) is 2.16. The Morgan fingerprint density at radius 2 is 1.76 bits per heavy atom. The standard InChI is InChI=1S/C11H14F3NO.ClH/c1-2-16-9-5-3-8(4-6-9)10(15)7-11(12,13)14;/h3-6,10H,2,7,15H2,1H3;1H/t10-;/m1./s1. The number of nitrogens with two attached hydrogens (primary N) is 1. The third kappa shape index (κ3) is 5.79. The molecule has 2 N–H and O–H groups in total. The topological polar surface area (TPSA) is 35.2 Å². The lowest BCUT2D eigenvalue weighted by Crippen LogP contribution is -2.20. The first-order chi connectivity index (χ1) is 7.42. The van der Waals surface area contributed by atoms with E-state index in [1.54, 1.807) is 24.3 Å². The molecule has 0 amide bonds. The van der Waals surface area contributed by atoms with Gasteiger partial charge in [-0.2, -0.15) is 13.2 Å². The molecule has 0 aliphatic rings. The highest BCUT2D eigenvalue weighted by atomic mass is 35.5. The highest BCUT2D eigenvalue weighted by Crippen LogP contribution is 2.28. The summed E-state index contributed by atoms with van der Waals surface area (Å²) in [5, 5.41) is 0. The van der Waals surface area contributed by atoms with E-state index in [4.69, 9.17) is 10.5 Å². The van der Waals surface area contributed by atoms with Crippen LogP contribution in [-0.4, -0.2) is 12.8 Å². The summed E-state index contributed by atoms with van der Waals surface area (Å²) in [4.78, 5) is 0. The fourth-order valence-electron chi connectivity index (χ4n) is 1.35. The van der Waals surface area contributed by atoms with E-state index >= 15 is 0 Å². The predicted molar refractivity (Wildman–Crippen MR) is 62.5 cm³/mol. The zero-order chi connectivity index (χ0) is 12.2. The van der Waals surface area contributed by atoms with Crippen molar-refractivity contribution < 1.29 is 17.9 Å². The summed E-state index contributed by atoms with van der Waals surface area (Å²) < 4.78 is 41.4. The van der Waals surface area contributed by atoms with Crippen LogP contribution in [0.1, 0.15) is 24.9 Å². The van der Waals surface area contributed by atoms with Crippen molar-refractivity contribution in [2.24, 2.45) is 5.73 Å². The van der Waals surface area contributed by atoms with Crippen molar-refractivity contribution >= 4 is 12.4 Å². The molecule has 6 heteroatoms. The molecule has 0 aliphatic carbocycles. The van der Waals surface area contributed by atoms with Gasteiger partial charge in [0, 0.05) is 6.04 Å². The maximum absolute atomic E-state index is 12.1. The van der Waals surface area contributed by atoms with Gasteiger partial charge in [0.1, 0.15) is 5.75 Å². The van der Waals surface area contributed by atoms with Gasteiger partial charge in [-0.25, -0.2) is 0 Å². The average molecular weight is 270 g/mol.